The normalized spacial score (nSPS) is 16.6. The number of aromatic nitrogens is 1. The summed E-state index contributed by atoms with van der Waals surface area (Å²) in [5, 5.41) is 21.4. The van der Waals surface area contributed by atoms with Crippen LogP contribution in [0.3, 0.4) is 0 Å². The summed E-state index contributed by atoms with van der Waals surface area (Å²) in [6, 6.07) is 23.7. The van der Waals surface area contributed by atoms with Crippen LogP contribution in [0.25, 0.3) is 5.76 Å². The lowest BCUT2D eigenvalue weighted by molar-refractivity contribution is -0.140. The molecule has 0 aliphatic carbocycles. The van der Waals surface area contributed by atoms with Crippen LogP contribution < -0.4 is 4.74 Å². The van der Waals surface area contributed by atoms with Gasteiger partial charge in [-0.05, 0) is 71.6 Å². The van der Waals surface area contributed by atoms with E-state index in [0.29, 0.717) is 23.5 Å². The van der Waals surface area contributed by atoms with Gasteiger partial charge >= 0.3 is 0 Å². The van der Waals surface area contributed by atoms with Gasteiger partial charge in [-0.3, -0.25) is 14.6 Å². The first-order valence-corrected chi connectivity index (χ1v) is 12.2. The van der Waals surface area contributed by atoms with E-state index in [1.165, 1.54) is 17.0 Å². The summed E-state index contributed by atoms with van der Waals surface area (Å²) in [6.45, 7) is 2.53. The van der Waals surface area contributed by atoms with Gasteiger partial charge in [0, 0.05) is 24.5 Å². The number of Topliss-reactive ketones (excluding diaryl/α,β-unsaturated/α-hetero) is 1. The molecule has 0 spiro atoms. The van der Waals surface area contributed by atoms with Crippen molar-refractivity contribution >= 4 is 17.4 Å². The van der Waals surface area contributed by atoms with Gasteiger partial charge in [0.2, 0.25) is 0 Å². The number of ether oxygens (including phenoxy) is 1. The topological polar surface area (TPSA) is 100.0 Å². The monoisotopic (exact) mass is 506 g/mol. The number of rotatable bonds is 7. The number of carbonyl (C=O) groups excluding carboxylic acids is 2. The molecule has 1 aliphatic rings. The van der Waals surface area contributed by atoms with Crippen molar-refractivity contribution in [2.75, 3.05) is 0 Å². The van der Waals surface area contributed by atoms with Crippen molar-refractivity contribution in [1.82, 2.24) is 9.88 Å². The molecule has 190 valence electrons. The highest BCUT2D eigenvalue weighted by atomic mass is 16.5. The third-order valence-corrected chi connectivity index (χ3v) is 6.58. The van der Waals surface area contributed by atoms with Gasteiger partial charge in [-0.1, -0.05) is 42.5 Å². The molecule has 4 aromatic rings. The molecule has 7 heteroatoms. The lowest BCUT2D eigenvalue weighted by Gasteiger charge is -2.25. The Hall–Kier alpha value is -4.91. The molecule has 0 bridgehead atoms. The maximum Gasteiger partial charge on any atom is 0.295 e. The number of aryl methyl sites for hydroxylation is 1. The van der Waals surface area contributed by atoms with Crippen LogP contribution in [0, 0.1) is 6.92 Å². The number of benzene rings is 3. The number of aromatic hydroxyl groups is 1. The number of aliphatic hydroxyl groups is 1. The SMILES string of the molecule is Cc1ccccc1COc1ccc(/C(O)=C2/C(=O)C(=O)N(Cc3cccnc3)C2c2cccc(O)c2)cc1. The maximum atomic E-state index is 13.2. The van der Waals surface area contributed by atoms with Crippen LogP contribution in [-0.2, 0) is 22.7 Å². The lowest BCUT2D eigenvalue weighted by atomic mass is 9.95. The van der Waals surface area contributed by atoms with E-state index in [2.05, 4.69) is 4.98 Å². The third-order valence-electron chi connectivity index (χ3n) is 6.58. The summed E-state index contributed by atoms with van der Waals surface area (Å²) in [5.74, 6) is -1.23. The first-order valence-electron chi connectivity index (χ1n) is 12.2. The van der Waals surface area contributed by atoms with Crippen LogP contribution in [0.5, 0.6) is 11.5 Å². The molecule has 5 rings (SSSR count). The number of pyridine rings is 1. The third kappa shape index (κ3) is 4.99. The van der Waals surface area contributed by atoms with Gasteiger partial charge in [0.05, 0.1) is 11.6 Å². The second-order valence-corrected chi connectivity index (χ2v) is 9.12. The molecule has 2 N–H and O–H groups in total. The highest BCUT2D eigenvalue weighted by Gasteiger charge is 2.46. The molecule has 7 nitrogen and oxygen atoms in total. The minimum absolute atomic E-state index is 0.00961. The number of nitrogens with zero attached hydrogens (tertiary/aromatic N) is 2. The Morgan fingerprint density at radius 1 is 0.974 bits per heavy atom. The quantitative estimate of drug-likeness (QED) is 0.201. The zero-order valence-corrected chi connectivity index (χ0v) is 20.7. The number of ketones is 1. The minimum Gasteiger partial charge on any atom is -0.508 e. The molecule has 2 heterocycles. The smallest absolute Gasteiger partial charge is 0.295 e. The van der Waals surface area contributed by atoms with E-state index in [1.807, 2.05) is 37.3 Å². The van der Waals surface area contributed by atoms with Crippen molar-refractivity contribution in [3.63, 3.8) is 0 Å². The Bertz CT molecular complexity index is 1510. The van der Waals surface area contributed by atoms with Gasteiger partial charge in [0.15, 0.2) is 0 Å². The first kappa shape index (κ1) is 24.8. The molecule has 1 atom stereocenters. The fourth-order valence-corrected chi connectivity index (χ4v) is 4.57. The van der Waals surface area contributed by atoms with Gasteiger partial charge in [0.1, 0.15) is 23.9 Å². The Labute approximate surface area is 220 Å². The average Bonchev–Trinajstić information content (AvgIpc) is 3.18. The number of phenols is 1. The second-order valence-electron chi connectivity index (χ2n) is 9.12. The summed E-state index contributed by atoms with van der Waals surface area (Å²) in [4.78, 5) is 31.9. The number of likely N-dealkylation sites (tertiary alicyclic amines) is 1. The predicted octanol–water partition coefficient (Wildman–Crippen LogP) is 5.30. The van der Waals surface area contributed by atoms with Crippen molar-refractivity contribution in [3.05, 3.63) is 131 Å². The molecule has 0 saturated carbocycles. The van der Waals surface area contributed by atoms with Gasteiger partial charge in [0.25, 0.3) is 11.7 Å². The predicted molar refractivity (Wildman–Crippen MR) is 142 cm³/mol. The van der Waals surface area contributed by atoms with E-state index < -0.39 is 17.7 Å². The number of hydrogen-bond acceptors (Lipinski definition) is 6. The van der Waals surface area contributed by atoms with Gasteiger partial charge < -0.3 is 19.8 Å². The molecule has 1 fully saturated rings. The fraction of sp³-hybridized carbons (Fsp3) is 0.129. The molecule has 1 aliphatic heterocycles. The standard InChI is InChI=1S/C31H26N2O5/c1-20-6-2-3-8-24(20)19-38-26-13-11-22(12-14-26)29(35)27-28(23-9-4-10-25(34)16-23)33(31(37)30(27)36)18-21-7-5-15-32-17-21/h2-17,28,34-35H,18-19H2,1H3/b29-27-. The van der Waals surface area contributed by atoms with Crippen LogP contribution in [0.1, 0.15) is 33.9 Å². The van der Waals surface area contributed by atoms with Gasteiger partial charge in [-0.25, -0.2) is 0 Å². The average molecular weight is 507 g/mol. The zero-order chi connectivity index (χ0) is 26.6. The Balaban J connectivity index is 1.48. The molecule has 38 heavy (non-hydrogen) atoms. The van der Waals surface area contributed by atoms with Crippen molar-refractivity contribution in [1.29, 1.82) is 0 Å². The van der Waals surface area contributed by atoms with E-state index in [-0.39, 0.29) is 23.6 Å². The summed E-state index contributed by atoms with van der Waals surface area (Å²) in [7, 11) is 0. The molecule has 1 aromatic heterocycles. The van der Waals surface area contributed by atoms with Crippen molar-refractivity contribution in [2.24, 2.45) is 0 Å². The second kappa shape index (κ2) is 10.6. The number of carbonyl (C=O) groups is 2. The summed E-state index contributed by atoms with van der Waals surface area (Å²) >= 11 is 0. The zero-order valence-electron chi connectivity index (χ0n) is 20.7. The largest absolute Gasteiger partial charge is 0.508 e. The molecule has 1 amide bonds. The van der Waals surface area contributed by atoms with Gasteiger partial charge in [-0.15, -0.1) is 0 Å². The number of hydrogen-bond donors (Lipinski definition) is 2. The van der Waals surface area contributed by atoms with Crippen molar-refractivity contribution in [3.8, 4) is 11.5 Å². The van der Waals surface area contributed by atoms with Crippen LogP contribution in [0.15, 0.2) is 103 Å². The number of amides is 1. The maximum absolute atomic E-state index is 13.2. The number of phenolic OH excluding ortho intramolecular Hbond substituents is 1. The van der Waals surface area contributed by atoms with Gasteiger partial charge in [-0.2, -0.15) is 0 Å². The Morgan fingerprint density at radius 3 is 2.47 bits per heavy atom. The molecular weight excluding hydrogens is 480 g/mol. The lowest BCUT2D eigenvalue weighted by Crippen LogP contribution is -2.29. The highest BCUT2D eigenvalue weighted by Crippen LogP contribution is 2.41. The Kier molecular flexibility index (Phi) is 6.91. The highest BCUT2D eigenvalue weighted by molar-refractivity contribution is 6.46. The van der Waals surface area contributed by atoms with Crippen LogP contribution in [0.2, 0.25) is 0 Å². The van der Waals surface area contributed by atoms with Crippen LogP contribution in [0.4, 0.5) is 0 Å². The van der Waals surface area contributed by atoms with Crippen molar-refractivity contribution < 1.29 is 24.5 Å². The van der Waals surface area contributed by atoms with E-state index >= 15 is 0 Å². The van der Waals surface area contributed by atoms with E-state index in [4.69, 9.17) is 4.74 Å². The molecule has 1 saturated heterocycles. The minimum atomic E-state index is -0.890. The fourth-order valence-electron chi connectivity index (χ4n) is 4.57. The van der Waals surface area contributed by atoms with E-state index in [1.54, 1.807) is 54.9 Å². The summed E-state index contributed by atoms with van der Waals surface area (Å²) in [6.07, 6.45) is 3.24. The van der Waals surface area contributed by atoms with Crippen LogP contribution >= 0.6 is 0 Å². The van der Waals surface area contributed by atoms with E-state index in [9.17, 15) is 19.8 Å². The first-order chi connectivity index (χ1) is 18.4. The summed E-state index contributed by atoms with van der Waals surface area (Å²) < 4.78 is 5.90. The Morgan fingerprint density at radius 2 is 1.76 bits per heavy atom. The number of aliphatic hydroxyl groups excluding tert-OH is 1. The molecule has 0 radical (unpaired) electrons. The van der Waals surface area contributed by atoms with Crippen LogP contribution in [-0.4, -0.2) is 31.8 Å². The molecule has 3 aromatic carbocycles. The van der Waals surface area contributed by atoms with Crippen molar-refractivity contribution in [2.45, 2.75) is 26.1 Å². The molecular formula is C31H26N2O5. The van der Waals surface area contributed by atoms with E-state index in [0.717, 1.165) is 16.7 Å². The molecule has 1 unspecified atom stereocenters. The summed E-state index contributed by atoms with van der Waals surface area (Å²) in [5.41, 5.74) is 3.77.